The topological polar surface area (TPSA) is 96.3 Å². The smallest absolute Gasteiger partial charge is 0.300 e. The standard InChI is InChI=1S/C27H23NO6/c1-33-19-8-4-6-17(15-19)24-23(25(30)18-11-12-22-16(14-18)7-5-13-34-22)26(31)27(32)28(24)20-9-2-3-10-21(20)29/h2-4,6,8-12,14-15,24,29-30H,5,7,13H2,1H3/b25-23-. The molecular formula is C27H23NO6. The lowest BCUT2D eigenvalue weighted by Crippen LogP contribution is -2.29. The van der Waals surface area contributed by atoms with Gasteiger partial charge in [-0.2, -0.15) is 0 Å². The number of benzene rings is 3. The molecule has 0 aromatic heterocycles. The number of phenolic OH excluding ortho intramolecular Hbond substituents is 1. The van der Waals surface area contributed by atoms with Gasteiger partial charge < -0.3 is 19.7 Å². The number of hydrogen-bond donors (Lipinski definition) is 2. The van der Waals surface area contributed by atoms with E-state index in [9.17, 15) is 19.8 Å². The van der Waals surface area contributed by atoms with Gasteiger partial charge in [0.15, 0.2) is 0 Å². The normalized spacial score (nSPS) is 19.0. The summed E-state index contributed by atoms with van der Waals surface area (Å²) >= 11 is 0. The number of Topliss-reactive ketones (excluding diaryl/α,β-unsaturated/α-hetero) is 1. The SMILES string of the molecule is COc1cccc(C2/C(=C(/O)c3ccc4c(c3)CCCO4)C(=O)C(=O)N2c2ccccc2O)c1. The van der Waals surface area contributed by atoms with E-state index < -0.39 is 17.7 Å². The van der Waals surface area contributed by atoms with Gasteiger partial charge in [-0.25, -0.2) is 0 Å². The van der Waals surface area contributed by atoms with Crippen molar-refractivity contribution in [2.45, 2.75) is 18.9 Å². The molecular weight excluding hydrogens is 434 g/mol. The molecule has 5 rings (SSSR count). The van der Waals surface area contributed by atoms with Gasteiger partial charge in [0.2, 0.25) is 0 Å². The van der Waals surface area contributed by atoms with Crippen molar-refractivity contribution >= 4 is 23.1 Å². The summed E-state index contributed by atoms with van der Waals surface area (Å²) in [4.78, 5) is 27.8. The van der Waals surface area contributed by atoms with Crippen LogP contribution in [0.5, 0.6) is 17.2 Å². The van der Waals surface area contributed by atoms with Gasteiger partial charge in [-0.15, -0.1) is 0 Å². The van der Waals surface area contributed by atoms with Crippen molar-refractivity contribution in [2.75, 3.05) is 18.6 Å². The number of methoxy groups -OCH3 is 1. The summed E-state index contributed by atoms with van der Waals surface area (Å²) in [5.74, 6) is -0.812. The van der Waals surface area contributed by atoms with E-state index in [0.29, 0.717) is 23.5 Å². The minimum atomic E-state index is -0.962. The molecule has 2 N–H and O–H groups in total. The summed E-state index contributed by atoms with van der Waals surface area (Å²) < 4.78 is 11.0. The number of aliphatic hydroxyl groups is 1. The van der Waals surface area contributed by atoms with Gasteiger partial charge in [-0.3, -0.25) is 14.5 Å². The van der Waals surface area contributed by atoms with Gasteiger partial charge in [0.25, 0.3) is 11.7 Å². The van der Waals surface area contributed by atoms with E-state index in [1.807, 2.05) is 0 Å². The van der Waals surface area contributed by atoms with Gasteiger partial charge in [0, 0.05) is 5.56 Å². The van der Waals surface area contributed by atoms with Crippen molar-refractivity contribution in [3.8, 4) is 17.2 Å². The maximum Gasteiger partial charge on any atom is 0.300 e. The fraction of sp³-hybridized carbons (Fsp3) is 0.185. The second-order valence-electron chi connectivity index (χ2n) is 8.21. The molecule has 1 unspecified atom stereocenters. The first-order chi connectivity index (χ1) is 16.5. The van der Waals surface area contributed by atoms with Crippen LogP contribution in [0.2, 0.25) is 0 Å². The Morgan fingerprint density at radius 2 is 1.88 bits per heavy atom. The lowest BCUT2D eigenvalue weighted by Gasteiger charge is -2.26. The number of aryl methyl sites for hydroxylation is 1. The fourth-order valence-electron chi connectivity index (χ4n) is 4.54. The average Bonchev–Trinajstić information content (AvgIpc) is 3.13. The van der Waals surface area contributed by atoms with Crippen LogP contribution in [0.3, 0.4) is 0 Å². The quantitative estimate of drug-likeness (QED) is 0.344. The van der Waals surface area contributed by atoms with Crippen LogP contribution in [0.15, 0.2) is 72.3 Å². The third-order valence-electron chi connectivity index (χ3n) is 6.18. The van der Waals surface area contributed by atoms with E-state index in [0.717, 1.165) is 24.2 Å². The zero-order valence-corrected chi connectivity index (χ0v) is 18.5. The third kappa shape index (κ3) is 3.55. The van der Waals surface area contributed by atoms with Crippen molar-refractivity contribution in [1.29, 1.82) is 0 Å². The molecule has 0 bridgehead atoms. The van der Waals surface area contributed by atoms with E-state index in [1.165, 1.54) is 18.1 Å². The molecule has 0 saturated carbocycles. The van der Waals surface area contributed by atoms with Gasteiger partial charge in [0.05, 0.1) is 31.0 Å². The number of anilines is 1. The first-order valence-corrected chi connectivity index (χ1v) is 11.0. The van der Waals surface area contributed by atoms with Crippen LogP contribution in [-0.2, 0) is 16.0 Å². The summed E-state index contributed by atoms with van der Waals surface area (Å²) in [5, 5.41) is 21.8. The predicted octanol–water partition coefficient (Wildman–Crippen LogP) is 4.35. The van der Waals surface area contributed by atoms with Gasteiger partial charge in [-0.05, 0) is 66.4 Å². The molecule has 2 aliphatic heterocycles. The Hall–Kier alpha value is -4.26. The van der Waals surface area contributed by atoms with Gasteiger partial charge >= 0.3 is 0 Å². The molecule has 1 amide bonds. The number of nitrogens with zero attached hydrogens (tertiary/aromatic N) is 1. The van der Waals surface area contributed by atoms with E-state index in [1.54, 1.807) is 60.7 Å². The lowest BCUT2D eigenvalue weighted by molar-refractivity contribution is -0.132. The number of carbonyl (C=O) groups is 2. The number of phenols is 1. The number of fused-ring (bicyclic) bond motifs is 1. The van der Waals surface area contributed by atoms with E-state index in [2.05, 4.69) is 0 Å². The number of para-hydroxylation sites is 2. The lowest BCUT2D eigenvalue weighted by atomic mass is 9.93. The highest BCUT2D eigenvalue weighted by molar-refractivity contribution is 6.51. The summed E-state index contributed by atoms with van der Waals surface area (Å²) in [6, 6.07) is 17.5. The average molecular weight is 457 g/mol. The maximum absolute atomic E-state index is 13.3. The number of aliphatic hydroxyl groups excluding tert-OH is 1. The zero-order valence-electron chi connectivity index (χ0n) is 18.5. The van der Waals surface area contributed by atoms with Crippen LogP contribution < -0.4 is 14.4 Å². The molecule has 2 heterocycles. The highest BCUT2D eigenvalue weighted by Crippen LogP contribution is 2.45. The molecule has 0 aliphatic carbocycles. The molecule has 3 aromatic carbocycles. The van der Waals surface area contributed by atoms with Crippen LogP contribution in [0.25, 0.3) is 5.76 Å². The number of rotatable bonds is 4. The maximum atomic E-state index is 13.3. The van der Waals surface area contributed by atoms with E-state index >= 15 is 0 Å². The molecule has 7 nitrogen and oxygen atoms in total. The fourth-order valence-corrected chi connectivity index (χ4v) is 4.54. The van der Waals surface area contributed by atoms with Crippen molar-refractivity contribution in [1.82, 2.24) is 0 Å². The van der Waals surface area contributed by atoms with Crippen LogP contribution in [-0.4, -0.2) is 35.6 Å². The monoisotopic (exact) mass is 457 g/mol. The molecule has 7 heteroatoms. The minimum Gasteiger partial charge on any atom is -0.507 e. The summed E-state index contributed by atoms with van der Waals surface area (Å²) in [6.45, 7) is 0.639. The number of amides is 1. The molecule has 34 heavy (non-hydrogen) atoms. The number of carbonyl (C=O) groups excluding carboxylic acids is 2. The van der Waals surface area contributed by atoms with Gasteiger partial charge in [-0.1, -0.05) is 24.3 Å². The summed E-state index contributed by atoms with van der Waals surface area (Å²) in [5.41, 5.74) is 2.04. The molecule has 1 atom stereocenters. The predicted molar refractivity (Wildman–Crippen MR) is 126 cm³/mol. The van der Waals surface area contributed by atoms with Crippen LogP contribution in [0.1, 0.15) is 29.2 Å². The van der Waals surface area contributed by atoms with Crippen LogP contribution in [0.4, 0.5) is 5.69 Å². The highest BCUT2D eigenvalue weighted by atomic mass is 16.5. The third-order valence-corrected chi connectivity index (χ3v) is 6.18. The van der Waals surface area contributed by atoms with Crippen molar-refractivity contribution < 1.29 is 29.3 Å². The summed E-state index contributed by atoms with van der Waals surface area (Å²) in [6.07, 6.45) is 1.65. The molecule has 0 spiro atoms. The van der Waals surface area contributed by atoms with Crippen molar-refractivity contribution in [3.05, 3.63) is 89.0 Å². The largest absolute Gasteiger partial charge is 0.507 e. The van der Waals surface area contributed by atoms with Crippen molar-refractivity contribution in [2.24, 2.45) is 0 Å². The molecule has 1 saturated heterocycles. The highest BCUT2D eigenvalue weighted by Gasteiger charge is 2.47. The Labute approximate surface area is 196 Å². The second kappa shape index (κ2) is 8.59. The molecule has 3 aromatic rings. The van der Waals surface area contributed by atoms with Crippen LogP contribution >= 0.6 is 0 Å². The molecule has 1 fully saturated rings. The van der Waals surface area contributed by atoms with Crippen molar-refractivity contribution in [3.63, 3.8) is 0 Å². The van der Waals surface area contributed by atoms with E-state index in [-0.39, 0.29) is 22.8 Å². The summed E-state index contributed by atoms with van der Waals surface area (Å²) in [7, 11) is 1.52. The molecule has 0 radical (unpaired) electrons. The van der Waals surface area contributed by atoms with E-state index in [4.69, 9.17) is 9.47 Å². The molecule has 2 aliphatic rings. The number of ketones is 1. The first kappa shape index (κ1) is 21.6. The Balaban J connectivity index is 1.72. The Morgan fingerprint density at radius 3 is 2.68 bits per heavy atom. The zero-order chi connectivity index (χ0) is 23.8. The Morgan fingerprint density at radius 1 is 1.06 bits per heavy atom. The number of ether oxygens (including phenoxy) is 2. The second-order valence-corrected chi connectivity index (χ2v) is 8.21. The number of hydrogen-bond acceptors (Lipinski definition) is 6. The number of aromatic hydroxyl groups is 1. The minimum absolute atomic E-state index is 0.0572. The Bertz CT molecular complexity index is 1330. The van der Waals surface area contributed by atoms with Gasteiger partial charge in [0.1, 0.15) is 23.0 Å². The van der Waals surface area contributed by atoms with Crippen LogP contribution in [0, 0.1) is 0 Å². The molecule has 172 valence electrons. The Kier molecular flexibility index (Phi) is 5.45. The first-order valence-electron chi connectivity index (χ1n) is 11.0.